The fourth-order valence-electron chi connectivity index (χ4n) is 1.36. The predicted octanol–water partition coefficient (Wildman–Crippen LogP) is -0.596. The lowest BCUT2D eigenvalue weighted by molar-refractivity contribution is -0.139. The van der Waals surface area contributed by atoms with Crippen LogP contribution in [0.4, 0.5) is 0 Å². The molecule has 1 aromatic carbocycles. The van der Waals surface area contributed by atoms with E-state index in [2.05, 4.69) is 15.4 Å². The van der Waals surface area contributed by atoms with Crippen LogP contribution >= 0.6 is 0 Å². The SMILES string of the molecule is COC(=O)CNC(=O)c1ccc(C(=O)NCC(=O)O)cc1. The molecule has 3 N–H and O–H groups in total. The maximum absolute atomic E-state index is 11.7. The average Bonchev–Trinajstić information content (AvgIpc) is 2.49. The Kier molecular flexibility index (Phi) is 5.87. The van der Waals surface area contributed by atoms with E-state index in [1.165, 1.54) is 31.4 Å². The third-order valence-electron chi connectivity index (χ3n) is 2.43. The van der Waals surface area contributed by atoms with E-state index in [0.717, 1.165) is 0 Å². The van der Waals surface area contributed by atoms with Gasteiger partial charge in [0.15, 0.2) is 0 Å². The Morgan fingerprint density at radius 2 is 1.38 bits per heavy atom. The van der Waals surface area contributed by atoms with E-state index in [1.54, 1.807) is 0 Å². The lowest BCUT2D eigenvalue weighted by Gasteiger charge is -2.05. The highest BCUT2D eigenvalue weighted by Gasteiger charge is 2.10. The predicted molar refractivity (Wildman–Crippen MR) is 70.8 cm³/mol. The van der Waals surface area contributed by atoms with E-state index in [1.807, 2.05) is 0 Å². The summed E-state index contributed by atoms with van der Waals surface area (Å²) >= 11 is 0. The summed E-state index contributed by atoms with van der Waals surface area (Å²) < 4.78 is 4.38. The topological polar surface area (TPSA) is 122 Å². The van der Waals surface area contributed by atoms with Gasteiger partial charge in [-0.3, -0.25) is 19.2 Å². The summed E-state index contributed by atoms with van der Waals surface area (Å²) in [5.74, 6) is -2.77. The quantitative estimate of drug-likeness (QED) is 0.602. The van der Waals surface area contributed by atoms with Crippen LogP contribution in [0.25, 0.3) is 0 Å². The number of carbonyl (C=O) groups is 4. The van der Waals surface area contributed by atoms with Gasteiger partial charge in [0.05, 0.1) is 7.11 Å². The molecule has 1 aromatic rings. The first kappa shape index (κ1) is 16.2. The van der Waals surface area contributed by atoms with Crippen LogP contribution in [-0.4, -0.2) is 49.1 Å². The molecule has 0 saturated carbocycles. The molecule has 0 atom stereocenters. The largest absolute Gasteiger partial charge is 0.480 e. The van der Waals surface area contributed by atoms with Crippen LogP contribution in [0.3, 0.4) is 0 Å². The van der Waals surface area contributed by atoms with Crippen molar-refractivity contribution in [1.29, 1.82) is 0 Å². The van der Waals surface area contributed by atoms with Gasteiger partial charge in [0, 0.05) is 11.1 Å². The Bertz CT molecular complexity index is 552. The van der Waals surface area contributed by atoms with Gasteiger partial charge in [-0.15, -0.1) is 0 Å². The Hall–Kier alpha value is -2.90. The number of esters is 1. The number of amides is 2. The average molecular weight is 294 g/mol. The van der Waals surface area contributed by atoms with Crippen molar-refractivity contribution in [2.75, 3.05) is 20.2 Å². The molecule has 0 aliphatic rings. The van der Waals surface area contributed by atoms with E-state index >= 15 is 0 Å². The summed E-state index contributed by atoms with van der Waals surface area (Å²) in [5, 5.41) is 13.0. The minimum absolute atomic E-state index is 0.223. The molecular weight excluding hydrogens is 280 g/mol. The van der Waals surface area contributed by atoms with Gasteiger partial charge in [-0.1, -0.05) is 0 Å². The first-order chi connectivity index (χ1) is 9.93. The lowest BCUT2D eigenvalue weighted by Crippen LogP contribution is -2.30. The van der Waals surface area contributed by atoms with Gasteiger partial charge in [0.2, 0.25) is 0 Å². The van der Waals surface area contributed by atoms with E-state index < -0.39 is 30.3 Å². The number of carbonyl (C=O) groups excluding carboxylic acids is 3. The van der Waals surface area contributed by atoms with Gasteiger partial charge in [-0.25, -0.2) is 0 Å². The molecule has 112 valence electrons. The minimum Gasteiger partial charge on any atom is -0.480 e. The van der Waals surface area contributed by atoms with Crippen LogP contribution < -0.4 is 10.6 Å². The van der Waals surface area contributed by atoms with Gasteiger partial charge in [0.25, 0.3) is 11.8 Å². The van der Waals surface area contributed by atoms with E-state index in [-0.39, 0.29) is 17.7 Å². The van der Waals surface area contributed by atoms with Crippen molar-refractivity contribution in [3.63, 3.8) is 0 Å². The number of hydrogen-bond acceptors (Lipinski definition) is 5. The molecule has 0 radical (unpaired) electrons. The molecule has 0 heterocycles. The van der Waals surface area contributed by atoms with Crippen molar-refractivity contribution < 1.29 is 29.0 Å². The number of nitrogens with one attached hydrogen (secondary N) is 2. The van der Waals surface area contributed by atoms with Crippen molar-refractivity contribution in [2.45, 2.75) is 0 Å². The molecule has 8 heteroatoms. The van der Waals surface area contributed by atoms with Crippen molar-refractivity contribution in [2.24, 2.45) is 0 Å². The first-order valence-corrected chi connectivity index (χ1v) is 5.89. The third-order valence-corrected chi connectivity index (χ3v) is 2.43. The summed E-state index contributed by atoms with van der Waals surface area (Å²) in [6, 6.07) is 5.54. The fraction of sp³-hybridized carbons (Fsp3) is 0.231. The summed E-state index contributed by atoms with van der Waals surface area (Å²) in [5.41, 5.74) is 0.481. The smallest absolute Gasteiger partial charge is 0.325 e. The molecule has 8 nitrogen and oxygen atoms in total. The maximum Gasteiger partial charge on any atom is 0.325 e. The first-order valence-electron chi connectivity index (χ1n) is 5.89. The van der Waals surface area contributed by atoms with E-state index in [4.69, 9.17) is 5.11 Å². The zero-order chi connectivity index (χ0) is 15.8. The number of carboxylic acids is 1. The Balaban J connectivity index is 2.60. The monoisotopic (exact) mass is 294 g/mol. The van der Waals surface area contributed by atoms with Gasteiger partial charge in [-0.2, -0.15) is 0 Å². The number of rotatable bonds is 6. The van der Waals surface area contributed by atoms with Crippen LogP contribution in [0, 0.1) is 0 Å². The highest BCUT2D eigenvalue weighted by atomic mass is 16.5. The molecule has 0 unspecified atom stereocenters. The number of ether oxygens (including phenoxy) is 1. The van der Waals surface area contributed by atoms with Crippen molar-refractivity contribution >= 4 is 23.8 Å². The molecule has 0 spiro atoms. The van der Waals surface area contributed by atoms with Crippen LogP contribution in [0.5, 0.6) is 0 Å². The number of aliphatic carboxylic acids is 1. The molecule has 0 fully saturated rings. The summed E-state index contributed by atoms with van der Waals surface area (Å²) in [4.78, 5) is 44.4. The number of hydrogen-bond donors (Lipinski definition) is 3. The molecule has 0 aromatic heterocycles. The second-order valence-corrected chi connectivity index (χ2v) is 3.91. The van der Waals surface area contributed by atoms with Crippen LogP contribution in [0.2, 0.25) is 0 Å². The molecular formula is C13H14N2O6. The zero-order valence-corrected chi connectivity index (χ0v) is 11.2. The Morgan fingerprint density at radius 3 is 1.76 bits per heavy atom. The minimum atomic E-state index is -1.15. The van der Waals surface area contributed by atoms with Crippen molar-refractivity contribution in [3.05, 3.63) is 35.4 Å². The van der Waals surface area contributed by atoms with Crippen LogP contribution in [0.1, 0.15) is 20.7 Å². The Morgan fingerprint density at radius 1 is 0.952 bits per heavy atom. The van der Waals surface area contributed by atoms with E-state index in [9.17, 15) is 19.2 Å². The second-order valence-electron chi connectivity index (χ2n) is 3.91. The van der Waals surface area contributed by atoms with Gasteiger partial charge in [0.1, 0.15) is 13.1 Å². The molecule has 1 rings (SSSR count). The molecule has 0 aliphatic carbocycles. The number of carboxylic acid groups (broad SMARTS) is 1. The van der Waals surface area contributed by atoms with Gasteiger partial charge in [-0.05, 0) is 24.3 Å². The van der Waals surface area contributed by atoms with Crippen LogP contribution in [0.15, 0.2) is 24.3 Å². The maximum atomic E-state index is 11.7. The molecule has 2 amide bonds. The molecule has 0 aliphatic heterocycles. The van der Waals surface area contributed by atoms with Crippen LogP contribution in [-0.2, 0) is 14.3 Å². The highest BCUT2D eigenvalue weighted by Crippen LogP contribution is 2.04. The fourth-order valence-corrected chi connectivity index (χ4v) is 1.36. The normalized spacial score (nSPS) is 9.57. The molecule has 21 heavy (non-hydrogen) atoms. The second kappa shape index (κ2) is 7.63. The van der Waals surface area contributed by atoms with Gasteiger partial charge >= 0.3 is 11.9 Å². The van der Waals surface area contributed by atoms with Gasteiger partial charge < -0.3 is 20.5 Å². The molecule has 0 bridgehead atoms. The van der Waals surface area contributed by atoms with Crippen molar-refractivity contribution in [3.8, 4) is 0 Å². The van der Waals surface area contributed by atoms with Crippen molar-refractivity contribution in [1.82, 2.24) is 10.6 Å². The molecule has 0 saturated heterocycles. The third kappa shape index (κ3) is 5.31. The lowest BCUT2D eigenvalue weighted by atomic mass is 10.1. The zero-order valence-electron chi connectivity index (χ0n) is 11.2. The summed E-state index contributed by atoms with van der Waals surface area (Å²) in [7, 11) is 1.21. The standard InChI is InChI=1S/C13H14N2O6/c1-21-11(18)7-15-13(20)9-4-2-8(3-5-9)12(19)14-6-10(16)17/h2-5H,6-7H2,1H3,(H,14,19)(H,15,20)(H,16,17). The highest BCUT2D eigenvalue weighted by molar-refractivity contribution is 5.99. The van der Waals surface area contributed by atoms with E-state index in [0.29, 0.717) is 0 Å². The number of methoxy groups -OCH3 is 1. The number of benzene rings is 1. The summed E-state index contributed by atoms with van der Waals surface area (Å²) in [6.45, 7) is -0.740. The summed E-state index contributed by atoms with van der Waals surface area (Å²) in [6.07, 6.45) is 0. The Labute approximate surface area is 120 Å².